The van der Waals surface area contributed by atoms with Crippen LogP contribution in [0.3, 0.4) is 0 Å². The molecule has 168 valence electrons. The normalized spacial score (nSPS) is 29.3. The molecule has 1 saturated heterocycles. The van der Waals surface area contributed by atoms with Gasteiger partial charge in [0, 0.05) is 11.6 Å². The Bertz CT molecular complexity index is 716. The van der Waals surface area contributed by atoms with E-state index in [0.29, 0.717) is 24.4 Å². The minimum Gasteiger partial charge on any atom is -0.493 e. The number of piperazine rings is 1. The molecule has 1 heterocycles. The van der Waals surface area contributed by atoms with Crippen molar-refractivity contribution in [2.45, 2.75) is 52.6 Å². The summed E-state index contributed by atoms with van der Waals surface area (Å²) in [5.74, 6) is 3.11. The lowest BCUT2D eigenvalue weighted by Crippen LogP contribution is -3.28. The summed E-state index contributed by atoms with van der Waals surface area (Å²) in [7, 11) is 3.36. The molecule has 30 heavy (non-hydrogen) atoms. The van der Waals surface area contributed by atoms with Crippen LogP contribution in [0.15, 0.2) is 12.1 Å². The minimum absolute atomic E-state index is 0.232. The number of hydrogen-bond acceptors (Lipinski definition) is 3. The Labute approximate surface area is 181 Å². The zero-order valence-electron chi connectivity index (χ0n) is 19.5. The fourth-order valence-electron chi connectivity index (χ4n) is 5.06. The lowest BCUT2D eigenvalue weighted by atomic mass is 9.78. The number of quaternary nitrogens is 2. The Kier molecular flexibility index (Phi) is 8.00. The Morgan fingerprint density at radius 2 is 1.67 bits per heavy atom. The number of benzene rings is 1. The molecule has 1 saturated carbocycles. The highest BCUT2D eigenvalue weighted by Crippen LogP contribution is 2.30. The molecule has 2 aliphatic rings. The topological polar surface area (TPSA) is 56.4 Å². The molecule has 1 aliphatic carbocycles. The third-order valence-electron chi connectivity index (χ3n) is 7.41. The van der Waals surface area contributed by atoms with Gasteiger partial charge in [-0.15, -0.1) is 0 Å². The maximum atomic E-state index is 12.6. The zero-order chi connectivity index (χ0) is 21.7. The minimum atomic E-state index is 0.232. The van der Waals surface area contributed by atoms with Crippen molar-refractivity contribution in [3.8, 4) is 11.5 Å². The van der Waals surface area contributed by atoms with Gasteiger partial charge in [-0.25, -0.2) is 0 Å². The van der Waals surface area contributed by atoms with Crippen molar-refractivity contribution in [2.24, 2.45) is 11.8 Å². The molecule has 1 aromatic carbocycles. The number of methoxy groups -OCH3 is 2. The van der Waals surface area contributed by atoms with Gasteiger partial charge in [0.1, 0.15) is 32.7 Å². The fourth-order valence-corrected chi connectivity index (χ4v) is 5.06. The largest absolute Gasteiger partial charge is 0.493 e. The molecule has 6 nitrogen and oxygen atoms in total. The lowest BCUT2D eigenvalue weighted by Gasteiger charge is -2.35. The van der Waals surface area contributed by atoms with Crippen molar-refractivity contribution in [1.82, 2.24) is 5.32 Å². The van der Waals surface area contributed by atoms with E-state index in [-0.39, 0.29) is 5.91 Å². The van der Waals surface area contributed by atoms with E-state index in [1.807, 2.05) is 0 Å². The van der Waals surface area contributed by atoms with Crippen molar-refractivity contribution in [3.05, 3.63) is 23.3 Å². The first kappa shape index (κ1) is 22.9. The van der Waals surface area contributed by atoms with Crippen LogP contribution in [0.25, 0.3) is 0 Å². The molecular weight excluding hydrogens is 378 g/mol. The van der Waals surface area contributed by atoms with E-state index in [1.54, 1.807) is 19.1 Å². The van der Waals surface area contributed by atoms with Gasteiger partial charge in [0.2, 0.25) is 0 Å². The average Bonchev–Trinajstić information content (AvgIpc) is 2.74. The first-order valence-electron chi connectivity index (χ1n) is 11.6. The standard InChI is InChI=1S/C24H39N3O3/c1-17-7-6-8-21(19(17)3)25-24(28)16-27-11-9-26(10-12-27)15-20-14-23(30-5)22(29-4)13-18(20)2/h13-14,17,19,21H,6-12,15-16H2,1-5H3,(H,25,28)/p+2/t17-,19+,21+/m1/s1. The monoisotopic (exact) mass is 419 g/mol. The first-order valence-corrected chi connectivity index (χ1v) is 11.6. The van der Waals surface area contributed by atoms with E-state index >= 15 is 0 Å². The lowest BCUT2D eigenvalue weighted by molar-refractivity contribution is -1.02. The molecule has 3 atom stereocenters. The predicted molar refractivity (Wildman–Crippen MR) is 118 cm³/mol. The molecule has 0 unspecified atom stereocenters. The quantitative estimate of drug-likeness (QED) is 0.593. The van der Waals surface area contributed by atoms with Crippen molar-refractivity contribution in [1.29, 1.82) is 0 Å². The highest BCUT2D eigenvalue weighted by molar-refractivity contribution is 5.77. The molecule has 0 radical (unpaired) electrons. The molecule has 1 aliphatic heterocycles. The van der Waals surface area contributed by atoms with Crippen molar-refractivity contribution in [3.63, 3.8) is 0 Å². The highest BCUT2D eigenvalue weighted by atomic mass is 16.5. The summed E-state index contributed by atoms with van der Waals surface area (Å²) in [6.07, 6.45) is 3.67. The smallest absolute Gasteiger partial charge is 0.275 e. The summed E-state index contributed by atoms with van der Waals surface area (Å²) >= 11 is 0. The molecule has 6 heteroatoms. The van der Waals surface area contributed by atoms with E-state index in [1.165, 1.54) is 28.9 Å². The summed E-state index contributed by atoms with van der Waals surface area (Å²) in [6, 6.07) is 4.54. The molecule has 2 fully saturated rings. The number of carbonyl (C=O) groups is 1. The SMILES string of the molecule is COc1cc(C)c(C[NH+]2CC[NH+](CC(=O)N[C@H]3CCC[C@@H](C)[C@@H]3C)CC2)cc1OC. The second-order valence-electron chi connectivity index (χ2n) is 9.43. The van der Waals surface area contributed by atoms with Crippen molar-refractivity contribution >= 4 is 5.91 Å². The number of carbonyl (C=O) groups excluding carboxylic acids is 1. The number of amides is 1. The Hall–Kier alpha value is -1.79. The van der Waals surface area contributed by atoms with Gasteiger partial charge in [0.25, 0.3) is 5.91 Å². The number of rotatable bonds is 7. The molecule has 1 aromatic rings. The fraction of sp³-hybridized carbons (Fsp3) is 0.708. The van der Waals surface area contributed by atoms with Crippen LogP contribution in [0, 0.1) is 18.8 Å². The number of aryl methyl sites for hydroxylation is 1. The molecule has 0 aromatic heterocycles. The maximum absolute atomic E-state index is 12.6. The van der Waals surface area contributed by atoms with Crippen LogP contribution in [-0.4, -0.2) is 58.9 Å². The molecule has 3 rings (SSSR count). The molecule has 0 spiro atoms. The second kappa shape index (κ2) is 10.5. The number of ether oxygens (including phenoxy) is 2. The highest BCUT2D eigenvalue weighted by Gasteiger charge is 2.30. The second-order valence-corrected chi connectivity index (χ2v) is 9.43. The third-order valence-corrected chi connectivity index (χ3v) is 7.41. The van der Waals surface area contributed by atoms with E-state index in [4.69, 9.17) is 9.47 Å². The molecule has 3 N–H and O–H groups in total. The van der Waals surface area contributed by atoms with Gasteiger partial charge >= 0.3 is 0 Å². The van der Waals surface area contributed by atoms with Gasteiger partial charge in [-0.1, -0.05) is 26.7 Å². The molecule has 0 bridgehead atoms. The van der Waals surface area contributed by atoms with Gasteiger partial charge in [-0.2, -0.15) is 0 Å². The molecule has 1 amide bonds. The summed E-state index contributed by atoms with van der Waals surface area (Å²) in [5.41, 5.74) is 2.55. The van der Waals surface area contributed by atoms with Crippen LogP contribution in [0.4, 0.5) is 0 Å². The van der Waals surface area contributed by atoms with Crippen LogP contribution in [-0.2, 0) is 11.3 Å². The van der Waals surface area contributed by atoms with Gasteiger partial charge in [0.05, 0.1) is 14.2 Å². The van der Waals surface area contributed by atoms with E-state index in [2.05, 4.69) is 38.2 Å². The van der Waals surface area contributed by atoms with Gasteiger partial charge in [-0.05, 0) is 42.9 Å². The Balaban J connectivity index is 1.46. The predicted octanol–water partition coefficient (Wildman–Crippen LogP) is 0.237. The van der Waals surface area contributed by atoms with E-state index in [9.17, 15) is 4.79 Å². The van der Waals surface area contributed by atoms with Crippen LogP contribution >= 0.6 is 0 Å². The van der Waals surface area contributed by atoms with E-state index < -0.39 is 0 Å². The maximum Gasteiger partial charge on any atom is 0.275 e. The summed E-state index contributed by atoms with van der Waals surface area (Å²) in [5, 5.41) is 3.34. The van der Waals surface area contributed by atoms with Gasteiger partial charge < -0.3 is 24.6 Å². The Morgan fingerprint density at radius 1 is 1.03 bits per heavy atom. The van der Waals surface area contributed by atoms with Crippen LogP contribution in [0.1, 0.15) is 44.2 Å². The summed E-state index contributed by atoms with van der Waals surface area (Å²) in [4.78, 5) is 15.6. The van der Waals surface area contributed by atoms with Crippen molar-refractivity contribution < 1.29 is 24.1 Å². The van der Waals surface area contributed by atoms with Crippen LogP contribution in [0.5, 0.6) is 11.5 Å². The third kappa shape index (κ3) is 5.67. The molecular formula is C24H41N3O3+2. The van der Waals surface area contributed by atoms with E-state index in [0.717, 1.165) is 50.6 Å². The summed E-state index contributed by atoms with van der Waals surface area (Å²) in [6.45, 7) is 12.6. The van der Waals surface area contributed by atoms with Crippen LogP contribution < -0.4 is 24.6 Å². The Morgan fingerprint density at radius 3 is 2.33 bits per heavy atom. The zero-order valence-corrected chi connectivity index (χ0v) is 19.5. The van der Waals surface area contributed by atoms with Gasteiger partial charge in [-0.3, -0.25) is 4.79 Å². The average molecular weight is 420 g/mol. The van der Waals surface area contributed by atoms with Crippen molar-refractivity contribution in [2.75, 3.05) is 46.9 Å². The first-order chi connectivity index (χ1) is 14.4. The van der Waals surface area contributed by atoms with Gasteiger partial charge in [0.15, 0.2) is 18.0 Å². The number of hydrogen-bond donors (Lipinski definition) is 3. The summed E-state index contributed by atoms with van der Waals surface area (Å²) < 4.78 is 10.9. The number of nitrogens with one attached hydrogen (secondary N) is 3. The van der Waals surface area contributed by atoms with Crippen LogP contribution in [0.2, 0.25) is 0 Å².